The number of carbonyl (C=O) groups excluding carboxylic acids is 1. The maximum atomic E-state index is 13.5. The molecule has 0 heterocycles. The molecule has 8 heteroatoms. The van der Waals surface area contributed by atoms with Gasteiger partial charge in [0.15, 0.2) is 0 Å². The van der Waals surface area contributed by atoms with Crippen LogP contribution < -0.4 is 5.32 Å². The van der Waals surface area contributed by atoms with Gasteiger partial charge in [-0.3, -0.25) is 4.79 Å². The highest BCUT2D eigenvalue weighted by molar-refractivity contribution is 8.13. The molecule has 0 bridgehead atoms. The minimum absolute atomic E-state index is 0.338. The molecule has 0 aromatic heterocycles. The third kappa shape index (κ3) is 3.67. The molecule has 20 heavy (non-hydrogen) atoms. The molecule has 0 aliphatic heterocycles. The van der Waals surface area contributed by atoms with Crippen molar-refractivity contribution in [3.8, 4) is 0 Å². The van der Waals surface area contributed by atoms with Gasteiger partial charge in [0, 0.05) is 23.3 Å². The van der Waals surface area contributed by atoms with Gasteiger partial charge < -0.3 is 5.32 Å². The van der Waals surface area contributed by atoms with E-state index in [0.29, 0.717) is 24.6 Å². The summed E-state index contributed by atoms with van der Waals surface area (Å²) in [6, 6.07) is 0.949. The molecule has 0 spiro atoms. The predicted molar refractivity (Wildman–Crippen MR) is 69.1 cm³/mol. The van der Waals surface area contributed by atoms with E-state index in [4.69, 9.17) is 10.7 Å². The van der Waals surface area contributed by atoms with E-state index >= 15 is 0 Å². The van der Waals surface area contributed by atoms with Gasteiger partial charge in [0.2, 0.25) is 0 Å². The van der Waals surface area contributed by atoms with Gasteiger partial charge >= 0.3 is 0 Å². The standard InChI is InChI=1S/C12H12ClF2NO3S/c13-20(18,19)11-5-8(9(14)6-10(11)15)12(17)16-4-3-7-1-2-7/h5-7H,1-4H2,(H,16,17). The number of nitrogens with one attached hydrogen (secondary N) is 1. The Kier molecular flexibility index (Phi) is 4.29. The van der Waals surface area contributed by atoms with Crippen molar-refractivity contribution < 1.29 is 22.0 Å². The molecule has 1 amide bonds. The molecule has 1 aliphatic carbocycles. The van der Waals surface area contributed by atoms with Crippen molar-refractivity contribution in [2.24, 2.45) is 5.92 Å². The molecular formula is C12H12ClF2NO3S. The van der Waals surface area contributed by atoms with Crippen LogP contribution >= 0.6 is 10.7 Å². The van der Waals surface area contributed by atoms with Crippen LogP contribution in [0.4, 0.5) is 8.78 Å². The Morgan fingerprint density at radius 1 is 1.30 bits per heavy atom. The minimum atomic E-state index is -4.38. The van der Waals surface area contributed by atoms with E-state index in [9.17, 15) is 22.0 Å². The van der Waals surface area contributed by atoms with Gasteiger partial charge in [-0.15, -0.1) is 0 Å². The molecule has 1 saturated carbocycles. The Morgan fingerprint density at radius 2 is 1.95 bits per heavy atom. The normalized spacial score (nSPS) is 15.2. The molecule has 4 nitrogen and oxygen atoms in total. The summed E-state index contributed by atoms with van der Waals surface area (Å²) in [4.78, 5) is 10.8. The van der Waals surface area contributed by atoms with Gasteiger partial charge in [-0.25, -0.2) is 17.2 Å². The van der Waals surface area contributed by atoms with E-state index in [-0.39, 0.29) is 0 Å². The summed E-state index contributed by atoms with van der Waals surface area (Å²) in [5.74, 6) is -2.65. The lowest BCUT2D eigenvalue weighted by Gasteiger charge is -2.07. The number of halogens is 3. The number of hydrogen-bond acceptors (Lipinski definition) is 3. The molecule has 0 atom stereocenters. The minimum Gasteiger partial charge on any atom is -0.352 e. The second-order valence-corrected chi connectivity index (χ2v) is 7.22. The van der Waals surface area contributed by atoms with Gasteiger partial charge in [0.05, 0.1) is 5.56 Å². The van der Waals surface area contributed by atoms with Crippen molar-refractivity contribution in [3.63, 3.8) is 0 Å². The molecule has 1 N–H and O–H groups in total. The third-order valence-corrected chi connectivity index (χ3v) is 4.40. The quantitative estimate of drug-likeness (QED) is 0.846. The van der Waals surface area contributed by atoms with E-state index in [1.165, 1.54) is 0 Å². The largest absolute Gasteiger partial charge is 0.352 e. The van der Waals surface area contributed by atoms with Crippen LogP contribution in [0.25, 0.3) is 0 Å². The van der Waals surface area contributed by atoms with Crippen LogP contribution in [-0.2, 0) is 9.05 Å². The predicted octanol–water partition coefficient (Wildman–Crippen LogP) is 2.42. The smallest absolute Gasteiger partial charge is 0.264 e. The summed E-state index contributed by atoms with van der Waals surface area (Å²) in [7, 11) is 0.645. The van der Waals surface area contributed by atoms with E-state index in [2.05, 4.69) is 5.32 Å². The van der Waals surface area contributed by atoms with Gasteiger partial charge in [-0.1, -0.05) is 12.8 Å². The Morgan fingerprint density at radius 3 is 2.50 bits per heavy atom. The Balaban J connectivity index is 2.19. The molecule has 0 radical (unpaired) electrons. The first kappa shape index (κ1) is 15.2. The molecule has 1 fully saturated rings. The van der Waals surface area contributed by atoms with Gasteiger partial charge in [-0.2, -0.15) is 0 Å². The van der Waals surface area contributed by atoms with Crippen molar-refractivity contribution in [1.29, 1.82) is 0 Å². The van der Waals surface area contributed by atoms with Crippen molar-refractivity contribution in [2.45, 2.75) is 24.2 Å². The highest BCUT2D eigenvalue weighted by atomic mass is 35.7. The van der Waals surface area contributed by atoms with Crippen molar-refractivity contribution >= 4 is 25.6 Å². The summed E-state index contributed by atoms with van der Waals surface area (Å²) >= 11 is 0. The molecule has 1 aromatic rings. The third-order valence-electron chi connectivity index (χ3n) is 3.06. The second-order valence-electron chi connectivity index (χ2n) is 4.69. The molecule has 110 valence electrons. The fraction of sp³-hybridized carbons (Fsp3) is 0.417. The van der Waals surface area contributed by atoms with E-state index in [1.54, 1.807) is 0 Å². The fourth-order valence-electron chi connectivity index (χ4n) is 1.78. The summed E-state index contributed by atoms with van der Waals surface area (Å²) in [5.41, 5.74) is -0.540. The lowest BCUT2D eigenvalue weighted by molar-refractivity contribution is 0.0948. The lowest BCUT2D eigenvalue weighted by atomic mass is 10.2. The highest BCUT2D eigenvalue weighted by Crippen LogP contribution is 2.31. The molecule has 2 rings (SSSR count). The number of amides is 1. The second kappa shape index (κ2) is 5.65. The number of rotatable bonds is 5. The van der Waals surface area contributed by atoms with Crippen molar-refractivity contribution in [3.05, 3.63) is 29.3 Å². The van der Waals surface area contributed by atoms with Crippen LogP contribution in [0.1, 0.15) is 29.6 Å². The average Bonchev–Trinajstić information content (AvgIpc) is 3.11. The Labute approximate surface area is 119 Å². The summed E-state index contributed by atoms with van der Waals surface area (Å²) < 4.78 is 49.1. The molecule has 1 aromatic carbocycles. The first-order chi connectivity index (χ1) is 9.29. The van der Waals surface area contributed by atoms with Gasteiger partial charge in [0.1, 0.15) is 16.5 Å². The van der Waals surface area contributed by atoms with Gasteiger partial charge in [-0.05, 0) is 18.4 Å². The van der Waals surface area contributed by atoms with Gasteiger partial charge in [0.25, 0.3) is 15.0 Å². The molecular weight excluding hydrogens is 312 g/mol. The van der Waals surface area contributed by atoms with E-state index < -0.39 is 37.1 Å². The maximum Gasteiger partial charge on any atom is 0.264 e. The zero-order valence-corrected chi connectivity index (χ0v) is 11.9. The zero-order valence-electron chi connectivity index (χ0n) is 10.3. The monoisotopic (exact) mass is 323 g/mol. The summed E-state index contributed by atoms with van der Waals surface area (Å²) in [5, 5.41) is 2.47. The van der Waals surface area contributed by atoms with Crippen molar-refractivity contribution in [2.75, 3.05) is 6.54 Å². The highest BCUT2D eigenvalue weighted by Gasteiger charge is 2.24. The van der Waals surface area contributed by atoms with Crippen LogP contribution in [0.15, 0.2) is 17.0 Å². The number of carbonyl (C=O) groups is 1. The maximum absolute atomic E-state index is 13.5. The van der Waals surface area contributed by atoms with Crippen LogP contribution in [0.2, 0.25) is 0 Å². The van der Waals surface area contributed by atoms with E-state index in [1.807, 2.05) is 0 Å². The molecule has 1 aliphatic rings. The van der Waals surface area contributed by atoms with Crippen LogP contribution in [0, 0.1) is 17.6 Å². The Bertz CT molecular complexity index is 644. The SMILES string of the molecule is O=C(NCCC1CC1)c1cc(S(=O)(=O)Cl)c(F)cc1F. The summed E-state index contributed by atoms with van der Waals surface area (Å²) in [6.07, 6.45) is 3.03. The Hall–Kier alpha value is -1.21. The van der Waals surface area contributed by atoms with Crippen LogP contribution in [-0.4, -0.2) is 20.9 Å². The van der Waals surface area contributed by atoms with Crippen LogP contribution in [0.5, 0.6) is 0 Å². The zero-order chi connectivity index (χ0) is 14.9. The topological polar surface area (TPSA) is 63.2 Å². The first-order valence-corrected chi connectivity index (χ1v) is 8.32. The average molecular weight is 324 g/mol. The van der Waals surface area contributed by atoms with E-state index in [0.717, 1.165) is 19.3 Å². The number of hydrogen-bond donors (Lipinski definition) is 1. The van der Waals surface area contributed by atoms with Crippen molar-refractivity contribution in [1.82, 2.24) is 5.32 Å². The number of benzene rings is 1. The lowest BCUT2D eigenvalue weighted by Crippen LogP contribution is -2.26. The molecule has 0 unspecified atom stereocenters. The fourth-order valence-corrected chi connectivity index (χ4v) is 2.69. The summed E-state index contributed by atoms with van der Waals surface area (Å²) in [6.45, 7) is 0.364. The molecule has 0 saturated heterocycles. The first-order valence-electron chi connectivity index (χ1n) is 6.01. The van der Waals surface area contributed by atoms with Crippen LogP contribution in [0.3, 0.4) is 0 Å².